The first-order valence-electron chi connectivity index (χ1n) is 8.06. The number of hydrogen-bond donors (Lipinski definition) is 1. The monoisotopic (exact) mass is 288 g/mol. The van der Waals surface area contributed by atoms with Crippen molar-refractivity contribution < 1.29 is 4.79 Å². The summed E-state index contributed by atoms with van der Waals surface area (Å²) in [7, 11) is 4.38. The molecule has 21 heavy (non-hydrogen) atoms. The molecule has 0 aromatic heterocycles. The van der Waals surface area contributed by atoms with Gasteiger partial charge in [-0.1, -0.05) is 37.3 Å². The molecule has 0 atom stereocenters. The molecule has 0 aliphatic heterocycles. The van der Waals surface area contributed by atoms with Gasteiger partial charge in [-0.25, -0.2) is 0 Å². The van der Waals surface area contributed by atoms with Crippen molar-refractivity contribution >= 4 is 5.91 Å². The minimum atomic E-state index is 0.181. The Bertz CT molecular complexity index is 448. The third-order valence-electron chi connectivity index (χ3n) is 4.93. The van der Waals surface area contributed by atoms with Gasteiger partial charge in [0.1, 0.15) is 0 Å². The van der Waals surface area contributed by atoms with E-state index in [0.29, 0.717) is 12.5 Å². The van der Waals surface area contributed by atoms with Crippen LogP contribution in [0.4, 0.5) is 0 Å². The molecule has 2 rings (SSSR count). The van der Waals surface area contributed by atoms with E-state index in [2.05, 4.69) is 54.6 Å². The Morgan fingerprint density at radius 3 is 2.38 bits per heavy atom. The Morgan fingerprint density at radius 1 is 1.24 bits per heavy atom. The smallest absolute Gasteiger partial charge is 0.219 e. The number of hydrogen-bond acceptors (Lipinski definition) is 2. The van der Waals surface area contributed by atoms with E-state index in [9.17, 15) is 4.79 Å². The fraction of sp³-hybridized carbons (Fsp3) is 0.611. The van der Waals surface area contributed by atoms with Crippen molar-refractivity contribution in [3.05, 3.63) is 35.9 Å². The molecule has 1 N–H and O–H groups in total. The summed E-state index contributed by atoms with van der Waals surface area (Å²) in [4.78, 5) is 13.9. The molecule has 3 heteroatoms. The first kappa shape index (κ1) is 16.0. The molecule has 1 aromatic carbocycles. The van der Waals surface area contributed by atoms with E-state index in [-0.39, 0.29) is 11.4 Å². The summed E-state index contributed by atoms with van der Waals surface area (Å²) in [5.74, 6) is 0.181. The van der Waals surface area contributed by atoms with Crippen LogP contribution in [0.2, 0.25) is 0 Å². The van der Waals surface area contributed by atoms with Crippen molar-refractivity contribution in [2.24, 2.45) is 0 Å². The highest BCUT2D eigenvalue weighted by Gasteiger charge is 2.37. The number of rotatable bonds is 5. The second-order valence-electron chi connectivity index (χ2n) is 6.48. The lowest BCUT2D eigenvalue weighted by molar-refractivity contribution is -0.121. The third kappa shape index (κ3) is 4.07. The van der Waals surface area contributed by atoms with Gasteiger partial charge in [0.15, 0.2) is 0 Å². The summed E-state index contributed by atoms with van der Waals surface area (Å²) in [5.41, 5.74) is 1.64. The van der Waals surface area contributed by atoms with E-state index >= 15 is 0 Å². The van der Waals surface area contributed by atoms with E-state index < -0.39 is 0 Å². The Morgan fingerprint density at radius 2 is 1.86 bits per heavy atom. The van der Waals surface area contributed by atoms with Crippen LogP contribution in [-0.4, -0.2) is 36.5 Å². The lowest BCUT2D eigenvalue weighted by Crippen LogP contribution is -2.52. The summed E-state index contributed by atoms with van der Waals surface area (Å²) in [6, 6.07) is 11.1. The quantitative estimate of drug-likeness (QED) is 0.903. The van der Waals surface area contributed by atoms with E-state index in [0.717, 1.165) is 32.1 Å². The van der Waals surface area contributed by atoms with E-state index in [4.69, 9.17) is 0 Å². The van der Waals surface area contributed by atoms with Crippen molar-refractivity contribution in [2.45, 2.75) is 57.0 Å². The molecule has 1 aliphatic rings. The maximum absolute atomic E-state index is 11.5. The van der Waals surface area contributed by atoms with Crippen LogP contribution in [0.5, 0.6) is 0 Å². The van der Waals surface area contributed by atoms with Gasteiger partial charge in [-0.3, -0.25) is 4.79 Å². The van der Waals surface area contributed by atoms with E-state index in [1.807, 2.05) is 6.92 Å². The van der Waals surface area contributed by atoms with Crippen molar-refractivity contribution in [3.63, 3.8) is 0 Å². The number of carbonyl (C=O) groups excluding carboxylic acids is 1. The van der Waals surface area contributed by atoms with E-state index in [1.165, 1.54) is 5.56 Å². The van der Waals surface area contributed by atoms with Crippen molar-refractivity contribution in [3.8, 4) is 0 Å². The second-order valence-corrected chi connectivity index (χ2v) is 6.48. The summed E-state index contributed by atoms with van der Waals surface area (Å²) in [5, 5.41) is 3.15. The number of amides is 1. The Labute approximate surface area is 128 Å². The van der Waals surface area contributed by atoms with Gasteiger partial charge in [0.2, 0.25) is 5.91 Å². The molecular weight excluding hydrogens is 260 g/mol. The van der Waals surface area contributed by atoms with Crippen LogP contribution in [0.3, 0.4) is 0 Å². The van der Waals surface area contributed by atoms with Gasteiger partial charge in [0.05, 0.1) is 0 Å². The zero-order chi connectivity index (χ0) is 15.3. The maximum atomic E-state index is 11.5. The molecule has 0 radical (unpaired) electrons. The average molecular weight is 288 g/mol. The largest absolute Gasteiger partial charge is 0.353 e. The van der Waals surface area contributed by atoms with Gasteiger partial charge in [-0.15, -0.1) is 0 Å². The zero-order valence-corrected chi connectivity index (χ0v) is 13.6. The van der Waals surface area contributed by atoms with Gasteiger partial charge in [-0.05, 0) is 51.8 Å². The normalized spacial score (nSPS) is 25.8. The Balaban J connectivity index is 2.00. The average Bonchev–Trinajstić information content (AvgIpc) is 2.50. The molecular formula is C18H28N2O. The number of likely N-dealkylation sites (N-methyl/N-ethyl adjacent to an activating group) is 1. The molecule has 1 aromatic rings. The minimum absolute atomic E-state index is 0.181. The van der Waals surface area contributed by atoms with Gasteiger partial charge in [0, 0.05) is 18.0 Å². The van der Waals surface area contributed by atoms with Crippen LogP contribution in [0.1, 0.15) is 44.6 Å². The molecule has 0 unspecified atom stereocenters. The van der Waals surface area contributed by atoms with Crippen LogP contribution in [-0.2, 0) is 11.2 Å². The number of carbonyl (C=O) groups is 1. The fourth-order valence-corrected chi connectivity index (χ4v) is 3.39. The Kier molecular flexibility index (Phi) is 5.40. The molecule has 1 fully saturated rings. The molecule has 0 heterocycles. The summed E-state index contributed by atoms with van der Waals surface area (Å²) in [6.45, 7) is 1.91. The Hall–Kier alpha value is -1.35. The fourth-order valence-electron chi connectivity index (χ4n) is 3.39. The molecule has 0 saturated heterocycles. The van der Waals surface area contributed by atoms with Crippen molar-refractivity contribution in [1.82, 2.24) is 10.2 Å². The SMILES string of the molecule is CCC(=O)NC1CCC(Cc2ccccc2)(N(C)C)CC1. The molecule has 3 nitrogen and oxygen atoms in total. The van der Waals surface area contributed by atoms with Crippen LogP contribution < -0.4 is 5.32 Å². The first-order valence-corrected chi connectivity index (χ1v) is 8.06. The van der Waals surface area contributed by atoms with Crippen LogP contribution >= 0.6 is 0 Å². The number of benzene rings is 1. The maximum Gasteiger partial charge on any atom is 0.219 e. The van der Waals surface area contributed by atoms with Gasteiger partial charge >= 0.3 is 0 Å². The lowest BCUT2D eigenvalue weighted by Gasteiger charge is -2.45. The third-order valence-corrected chi connectivity index (χ3v) is 4.93. The van der Waals surface area contributed by atoms with Gasteiger partial charge in [-0.2, -0.15) is 0 Å². The molecule has 116 valence electrons. The highest BCUT2D eigenvalue weighted by atomic mass is 16.1. The second kappa shape index (κ2) is 7.08. The van der Waals surface area contributed by atoms with Crippen LogP contribution in [0, 0.1) is 0 Å². The van der Waals surface area contributed by atoms with E-state index in [1.54, 1.807) is 0 Å². The molecule has 1 aliphatic carbocycles. The highest BCUT2D eigenvalue weighted by Crippen LogP contribution is 2.35. The van der Waals surface area contributed by atoms with Crippen molar-refractivity contribution in [1.29, 1.82) is 0 Å². The molecule has 0 bridgehead atoms. The van der Waals surface area contributed by atoms with Gasteiger partial charge < -0.3 is 10.2 Å². The lowest BCUT2D eigenvalue weighted by atomic mass is 9.75. The standard InChI is InChI=1S/C18H28N2O/c1-4-17(21)19-16-10-12-18(13-11-16,20(2)3)14-15-8-6-5-7-9-15/h5-9,16H,4,10-14H2,1-3H3,(H,19,21). The first-order chi connectivity index (χ1) is 10.1. The predicted molar refractivity (Wildman–Crippen MR) is 87.3 cm³/mol. The predicted octanol–water partition coefficient (Wildman–Crippen LogP) is 3.00. The van der Waals surface area contributed by atoms with Gasteiger partial charge in [0.25, 0.3) is 0 Å². The number of nitrogens with zero attached hydrogens (tertiary/aromatic N) is 1. The molecule has 1 saturated carbocycles. The molecule has 1 amide bonds. The number of nitrogens with one attached hydrogen (secondary N) is 1. The topological polar surface area (TPSA) is 32.3 Å². The highest BCUT2D eigenvalue weighted by molar-refractivity contribution is 5.75. The van der Waals surface area contributed by atoms with Crippen LogP contribution in [0.15, 0.2) is 30.3 Å². The summed E-state index contributed by atoms with van der Waals surface area (Å²) < 4.78 is 0. The van der Waals surface area contributed by atoms with Crippen LogP contribution in [0.25, 0.3) is 0 Å². The zero-order valence-electron chi connectivity index (χ0n) is 13.6. The van der Waals surface area contributed by atoms with Crippen molar-refractivity contribution in [2.75, 3.05) is 14.1 Å². The molecule has 0 spiro atoms. The summed E-state index contributed by atoms with van der Waals surface area (Å²) >= 11 is 0. The summed E-state index contributed by atoms with van der Waals surface area (Å²) in [6.07, 6.45) is 6.12. The minimum Gasteiger partial charge on any atom is -0.353 e.